The molecule has 0 aliphatic carbocycles. The van der Waals surface area contributed by atoms with Gasteiger partial charge < -0.3 is 10.1 Å². The first-order valence-corrected chi connectivity index (χ1v) is 7.52. The zero-order chi connectivity index (χ0) is 13.4. The van der Waals surface area contributed by atoms with Crippen molar-refractivity contribution in [1.82, 2.24) is 5.32 Å². The van der Waals surface area contributed by atoms with Gasteiger partial charge in [-0.1, -0.05) is 12.1 Å². The third kappa shape index (κ3) is 2.40. The lowest BCUT2D eigenvalue weighted by Gasteiger charge is -2.16. The molecule has 1 aliphatic rings. The Morgan fingerprint density at radius 3 is 2.84 bits per heavy atom. The van der Waals surface area contributed by atoms with Crippen molar-refractivity contribution in [2.45, 2.75) is 32.4 Å². The Balaban J connectivity index is 1.95. The molecule has 1 aliphatic heterocycles. The first kappa shape index (κ1) is 12.7. The quantitative estimate of drug-likeness (QED) is 0.921. The zero-order valence-electron chi connectivity index (χ0n) is 11.6. The van der Waals surface area contributed by atoms with E-state index in [2.05, 4.69) is 49.5 Å². The summed E-state index contributed by atoms with van der Waals surface area (Å²) in [5, 5.41) is 3.42. The van der Waals surface area contributed by atoms with E-state index in [9.17, 15) is 0 Å². The van der Waals surface area contributed by atoms with Gasteiger partial charge in [-0.2, -0.15) is 0 Å². The highest BCUT2D eigenvalue weighted by Crippen LogP contribution is 2.34. The number of fused-ring (bicyclic) bond motifs is 1. The molecular weight excluding hydrogens is 254 g/mol. The largest absolute Gasteiger partial charge is 0.490 e. The van der Waals surface area contributed by atoms with Gasteiger partial charge in [-0.25, -0.2) is 0 Å². The number of benzene rings is 1. The molecule has 1 N–H and O–H groups in total. The summed E-state index contributed by atoms with van der Waals surface area (Å²) in [5.41, 5.74) is 2.65. The molecule has 0 radical (unpaired) electrons. The molecule has 2 aromatic rings. The van der Waals surface area contributed by atoms with Gasteiger partial charge in [0, 0.05) is 16.2 Å². The van der Waals surface area contributed by atoms with Crippen LogP contribution in [0.15, 0.2) is 30.3 Å². The summed E-state index contributed by atoms with van der Waals surface area (Å²) >= 11 is 1.86. The number of nitrogens with one attached hydrogen (secondary N) is 1. The van der Waals surface area contributed by atoms with Crippen LogP contribution in [-0.2, 0) is 6.42 Å². The molecule has 2 heterocycles. The smallest absolute Gasteiger partial charge is 0.123 e. The second-order valence-electron chi connectivity index (χ2n) is 5.17. The average Bonchev–Trinajstić information content (AvgIpc) is 2.95. The van der Waals surface area contributed by atoms with Gasteiger partial charge in [0.15, 0.2) is 0 Å². The summed E-state index contributed by atoms with van der Waals surface area (Å²) in [7, 11) is 2.02. The van der Waals surface area contributed by atoms with Crippen LogP contribution in [0.2, 0.25) is 0 Å². The lowest BCUT2D eigenvalue weighted by molar-refractivity contribution is 0.254. The van der Waals surface area contributed by atoms with Gasteiger partial charge in [0.2, 0.25) is 0 Å². The van der Waals surface area contributed by atoms with Crippen LogP contribution < -0.4 is 10.1 Å². The molecule has 3 rings (SSSR count). The van der Waals surface area contributed by atoms with Gasteiger partial charge in [0.25, 0.3) is 0 Å². The monoisotopic (exact) mass is 273 g/mol. The van der Waals surface area contributed by atoms with Gasteiger partial charge in [0.1, 0.15) is 11.9 Å². The predicted molar refractivity (Wildman–Crippen MR) is 80.2 cm³/mol. The van der Waals surface area contributed by atoms with Crippen molar-refractivity contribution >= 4 is 11.3 Å². The molecule has 1 aromatic heterocycles. The number of aryl methyl sites for hydroxylation is 1. The fourth-order valence-electron chi connectivity index (χ4n) is 2.70. The molecule has 19 heavy (non-hydrogen) atoms. The summed E-state index contributed by atoms with van der Waals surface area (Å²) < 4.78 is 5.77. The van der Waals surface area contributed by atoms with E-state index in [1.807, 2.05) is 18.4 Å². The standard InChI is InChI=1S/C16H19NOS/c1-10-8-13-9-12(5-6-14(13)18-10)16(17-3)15-7-4-11(2)19-15/h4-7,9-10,16-17H,8H2,1-3H3. The van der Waals surface area contributed by atoms with E-state index < -0.39 is 0 Å². The topological polar surface area (TPSA) is 21.3 Å². The van der Waals surface area contributed by atoms with Gasteiger partial charge in [-0.15, -0.1) is 11.3 Å². The second-order valence-corrected chi connectivity index (χ2v) is 6.49. The van der Waals surface area contributed by atoms with Crippen molar-refractivity contribution < 1.29 is 4.74 Å². The molecular formula is C16H19NOS. The number of ether oxygens (including phenoxy) is 1. The highest BCUT2D eigenvalue weighted by Gasteiger charge is 2.21. The van der Waals surface area contributed by atoms with Crippen LogP contribution in [0, 0.1) is 6.92 Å². The van der Waals surface area contributed by atoms with Crippen molar-refractivity contribution in [3.63, 3.8) is 0 Å². The Kier molecular flexibility index (Phi) is 3.33. The van der Waals surface area contributed by atoms with Crippen LogP contribution in [0.3, 0.4) is 0 Å². The highest BCUT2D eigenvalue weighted by molar-refractivity contribution is 7.12. The molecule has 0 bridgehead atoms. The van der Waals surface area contributed by atoms with Crippen molar-refractivity contribution in [3.8, 4) is 5.75 Å². The van der Waals surface area contributed by atoms with Crippen LogP contribution in [0.5, 0.6) is 5.75 Å². The van der Waals surface area contributed by atoms with Crippen molar-refractivity contribution in [3.05, 3.63) is 51.2 Å². The fourth-order valence-corrected chi connectivity index (χ4v) is 3.72. The van der Waals surface area contributed by atoms with Gasteiger partial charge >= 0.3 is 0 Å². The molecule has 2 unspecified atom stereocenters. The first-order chi connectivity index (χ1) is 9.17. The summed E-state index contributed by atoms with van der Waals surface area (Å²) in [6.45, 7) is 4.27. The highest BCUT2D eigenvalue weighted by atomic mass is 32.1. The van der Waals surface area contributed by atoms with Crippen molar-refractivity contribution in [2.75, 3.05) is 7.05 Å². The second kappa shape index (κ2) is 4.99. The summed E-state index contributed by atoms with van der Waals surface area (Å²) in [5.74, 6) is 1.05. The zero-order valence-corrected chi connectivity index (χ0v) is 12.4. The van der Waals surface area contributed by atoms with E-state index in [0.29, 0.717) is 6.10 Å². The number of hydrogen-bond donors (Lipinski definition) is 1. The normalized spacial score (nSPS) is 19.0. The molecule has 2 atom stereocenters. The van der Waals surface area contributed by atoms with Crippen molar-refractivity contribution in [1.29, 1.82) is 0 Å². The minimum atomic E-state index is 0.278. The minimum Gasteiger partial charge on any atom is -0.490 e. The van der Waals surface area contributed by atoms with Crippen LogP contribution in [0.1, 0.15) is 33.8 Å². The Bertz CT molecular complexity index is 590. The number of thiophene rings is 1. The molecule has 0 amide bonds. The fraction of sp³-hybridized carbons (Fsp3) is 0.375. The molecule has 0 saturated heterocycles. The maximum Gasteiger partial charge on any atom is 0.123 e. The summed E-state index contributed by atoms with van der Waals surface area (Å²) in [4.78, 5) is 2.72. The van der Waals surface area contributed by atoms with Gasteiger partial charge in [0.05, 0.1) is 6.04 Å². The van der Waals surface area contributed by atoms with Crippen LogP contribution in [-0.4, -0.2) is 13.2 Å². The van der Waals surface area contributed by atoms with Gasteiger partial charge in [-0.05, 0) is 50.2 Å². The third-order valence-electron chi connectivity index (χ3n) is 3.59. The first-order valence-electron chi connectivity index (χ1n) is 6.70. The van der Waals surface area contributed by atoms with Crippen molar-refractivity contribution in [2.24, 2.45) is 0 Å². The Labute approximate surface area is 118 Å². The molecule has 2 nitrogen and oxygen atoms in total. The van der Waals surface area contributed by atoms with E-state index in [4.69, 9.17) is 4.74 Å². The summed E-state index contributed by atoms with van der Waals surface area (Å²) in [6, 6.07) is 11.2. The SMILES string of the molecule is CNC(c1ccc2c(c1)CC(C)O2)c1ccc(C)s1. The molecule has 0 spiro atoms. The minimum absolute atomic E-state index is 0.278. The molecule has 1 aromatic carbocycles. The third-order valence-corrected chi connectivity index (χ3v) is 4.65. The van der Waals surface area contributed by atoms with E-state index >= 15 is 0 Å². The van der Waals surface area contributed by atoms with Crippen LogP contribution in [0.25, 0.3) is 0 Å². The maximum atomic E-state index is 5.77. The Hall–Kier alpha value is -1.32. The number of hydrogen-bond acceptors (Lipinski definition) is 3. The van der Waals surface area contributed by atoms with Gasteiger partial charge in [-0.3, -0.25) is 0 Å². The molecule has 3 heteroatoms. The lowest BCUT2D eigenvalue weighted by atomic mass is 10.0. The Morgan fingerprint density at radius 1 is 1.32 bits per heavy atom. The van der Waals surface area contributed by atoms with Crippen LogP contribution >= 0.6 is 11.3 Å². The summed E-state index contributed by atoms with van der Waals surface area (Å²) in [6.07, 6.45) is 1.32. The molecule has 0 saturated carbocycles. The van der Waals surface area contributed by atoms with E-state index in [1.54, 1.807) is 0 Å². The van der Waals surface area contributed by atoms with E-state index in [0.717, 1.165) is 12.2 Å². The maximum absolute atomic E-state index is 5.77. The predicted octanol–water partition coefficient (Wildman–Crippen LogP) is 3.69. The van der Waals surface area contributed by atoms with E-state index in [1.165, 1.54) is 20.9 Å². The number of rotatable bonds is 3. The average molecular weight is 273 g/mol. The van der Waals surface area contributed by atoms with E-state index in [-0.39, 0.29) is 6.04 Å². The Morgan fingerprint density at radius 2 is 2.16 bits per heavy atom. The van der Waals surface area contributed by atoms with Crippen LogP contribution in [0.4, 0.5) is 0 Å². The molecule has 100 valence electrons. The lowest BCUT2D eigenvalue weighted by Crippen LogP contribution is -2.16. The molecule has 0 fully saturated rings.